The lowest BCUT2D eigenvalue weighted by molar-refractivity contribution is 0.132. The Balaban J connectivity index is 1.87. The molecule has 0 fully saturated rings. The first-order valence-electron chi connectivity index (χ1n) is 9.36. The average molecular weight is 408 g/mol. The minimum atomic E-state index is 0.385. The lowest BCUT2D eigenvalue weighted by Crippen LogP contribution is -2.11. The summed E-state index contributed by atoms with van der Waals surface area (Å²) >= 11 is 0. The minimum absolute atomic E-state index is 0.385. The molecule has 156 valence electrons. The number of nitrogens with one attached hydrogen (secondary N) is 2. The van der Waals surface area contributed by atoms with Gasteiger partial charge in [0.05, 0.1) is 24.4 Å². The van der Waals surface area contributed by atoms with E-state index in [1.165, 1.54) is 6.33 Å². The van der Waals surface area contributed by atoms with Crippen molar-refractivity contribution in [2.24, 2.45) is 0 Å². The molecule has 0 amide bonds. The average Bonchev–Trinajstić information content (AvgIpc) is 2.78. The molecule has 0 aliphatic heterocycles. The van der Waals surface area contributed by atoms with E-state index in [1.807, 2.05) is 36.4 Å². The molecule has 1 heterocycles. The molecule has 0 bridgehead atoms. The highest BCUT2D eigenvalue weighted by Crippen LogP contribution is 2.34. The normalized spacial score (nSPS) is 10.4. The Kier molecular flexibility index (Phi) is 7.66. The fourth-order valence-electron chi connectivity index (χ4n) is 2.68. The Morgan fingerprint density at radius 3 is 2.33 bits per heavy atom. The SMILES string of the molecule is C#Cc1cccc(NNc2ncnc3cc(OCCOC)c(OCCOC)cc23)c1. The van der Waals surface area contributed by atoms with Crippen molar-refractivity contribution >= 4 is 22.4 Å². The summed E-state index contributed by atoms with van der Waals surface area (Å²) in [5, 5.41) is 0.768. The summed E-state index contributed by atoms with van der Waals surface area (Å²) < 4.78 is 21.8. The first kappa shape index (κ1) is 21.2. The van der Waals surface area contributed by atoms with Crippen LogP contribution in [0.5, 0.6) is 11.5 Å². The maximum Gasteiger partial charge on any atom is 0.163 e. The smallest absolute Gasteiger partial charge is 0.163 e. The number of hydrazine groups is 1. The van der Waals surface area contributed by atoms with E-state index in [0.717, 1.165) is 16.6 Å². The third kappa shape index (κ3) is 5.50. The highest BCUT2D eigenvalue weighted by molar-refractivity contribution is 5.91. The molecule has 1 aromatic heterocycles. The fourth-order valence-corrected chi connectivity index (χ4v) is 2.68. The van der Waals surface area contributed by atoms with Gasteiger partial charge in [0, 0.05) is 31.2 Å². The molecule has 30 heavy (non-hydrogen) atoms. The maximum absolute atomic E-state index is 5.85. The number of hydrogen-bond acceptors (Lipinski definition) is 8. The molecule has 0 aliphatic rings. The van der Waals surface area contributed by atoms with Gasteiger partial charge in [-0.15, -0.1) is 6.42 Å². The molecule has 0 atom stereocenters. The lowest BCUT2D eigenvalue weighted by Gasteiger charge is -2.15. The van der Waals surface area contributed by atoms with E-state index in [4.69, 9.17) is 25.4 Å². The van der Waals surface area contributed by atoms with Crippen LogP contribution >= 0.6 is 0 Å². The van der Waals surface area contributed by atoms with Gasteiger partial charge in [0.2, 0.25) is 0 Å². The van der Waals surface area contributed by atoms with Gasteiger partial charge in [0.25, 0.3) is 0 Å². The van der Waals surface area contributed by atoms with E-state index in [-0.39, 0.29) is 0 Å². The first-order chi connectivity index (χ1) is 14.7. The number of benzene rings is 2. The van der Waals surface area contributed by atoms with E-state index in [0.29, 0.717) is 49.3 Å². The van der Waals surface area contributed by atoms with Crippen LogP contribution in [0.3, 0.4) is 0 Å². The number of anilines is 2. The molecule has 0 radical (unpaired) electrons. The molecular formula is C22H24N4O4. The van der Waals surface area contributed by atoms with Crippen molar-refractivity contribution < 1.29 is 18.9 Å². The van der Waals surface area contributed by atoms with Crippen LogP contribution in [0.25, 0.3) is 10.9 Å². The molecular weight excluding hydrogens is 384 g/mol. The third-order valence-electron chi connectivity index (χ3n) is 4.15. The summed E-state index contributed by atoms with van der Waals surface area (Å²) in [6, 6.07) is 11.2. The Labute approximate surface area is 175 Å². The van der Waals surface area contributed by atoms with Crippen molar-refractivity contribution in [1.29, 1.82) is 0 Å². The van der Waals surface area contributed by atoms with Gasteiger partial charge in [-0.1, -0.05) is 12.0 Å². The highest BCUT2D eigenvalue weighted by Gasteiger charge is 2.12. The predicted molar refractivity (Wildman–Crippen MR) is 116 cm³/mol. The topological polar surface area (TPSA) is 86.8 Å². The fraction of sp³-hybridized carbons (Fsp3) is 0.273. The highest BCUT2D eigenvalue weighted by atomic mass is 16.5. The molecule has 3 rings (SSSR count). The van der Waals surface area contributed by atoms with Gasteiger partial charge >= 0.3 is 0 Å². The molecule has 8 heteroatoms. The molecule has 0 saturated carbocycles. The summed E-state index contributed by atoms with van der Waals surface area (Å²) in [5.41, 5.74) is 8.52. The Bertz CT molecular complexity index is 1020. The van der Waals surface area contributed by atoms with Crippen molar-refractivity contribution in [3.63, 3.8) is 0 Å². The summed E-state index contributed by atoms with van der Waals surface area (Å²) in [5.74, 6) is 4.35. The molecule has 8 nitrogen and oxygen atoms in total. The second-order valence-corrected chi connectivity index (χ2v) is 6.20. The zero-order chi connectivity index (χ0) is 21.2. The predicted octanol–water partition coefficient (Wildman–Crippen LogP) is 3.10. The van der Waals surface area contributed by atoms with Gasteiger partial charge in [0.15, 0.2) is 17.3 Å². The third-order valence-corrected chi connectivity index (χ3v) is 4.15. The van der Waals surface area contributed by atoms with Crippen LogP contribution in [0.2, 0.25) is 0 Å². The van der Waals surface area contributed by atoms with Crippen molar-refractivity contribution in [2.45, 2.75) is 0 Å². The molecule has 0 spiro atoms. The number of hydrogen-bond donors (Lipinski definition) is 2. The van der Waals surface area contributed by atoms with Crippen LogP contribution in [0.15, 0.2) is 42.7 Å². The number of methoxy groups -OCH3 is 2. The van der Waals surface area contributed by atoms with Gasteiger partial charge in [-0.2, -0.15) is 0 Å². The van der Waals surface area contributed by atoms with E-state index < -0.39 is 0 Å². The second-order valence-electron chi connectivity index (χ2n) is 6.20. The standard InChI is InChI=1S/C22H24N4O4/c1-4-16-6-5-7-17(12-16)25-26-22-18-13-20(29-10-8-27-2)21(30-11-9-28-3)14-19(18)23-15-24-22/h1,5-7,12-15,25H,8-11H2,2-3H3,(H,23,24,26). The van der Waals surface area contributed by atoms with Crippen molar-refractivity contribution in [1.82, 2.24) is 9.97 Å². The van der Waals surface area contributed by atoms with Crippen LogP contribution in [-0.4, -0.2) is 50.6 Å². The summed E-state index contributed by atoms with van der Waals surface area (Å²) in [7, 11) is 3.24. The van der Waals surface area contributed by atoms with Crippen molar-refractivity contribution in [3.05, 3.63) is 48.3 Å². The van der Waals surface area contributed by atoms with E-state index >= 15 is 0 Å². The molecule has 0 saturated heterocycles. The van der Waals surface area contributed by atoms with Gasteiger partial charge in [-0.25, -0.2) is 9.97 Å². The zero-order valence-corrected chi connectivity index (χ0v) is 17.0. The molecule has 0 unspecified atom stereocenters. The summed E-state index contributed by atoms with van der Waals surface area (Å²) in [4.78, 5) is 8.69. The van der Waals surface area contributed by atoms with E-state index in [2.05, 4.69) is 26.7 Å². The van der Waals surface area contributed by atoms with Crippen LogP contribution in [0.4, 0.5) is 11.5 Å². The van der Waals surface area contributed by atoms with Gasteiger partial charge in [-0.05, 0) is 24.3 Å². The Morgan fingerprint density at radius 1 is 0.900 bits per heavy atom. The van der Waals surface area contributed by atoms with Crippen molar-refractivity contribution in [3.8, 4) is 23.8 Å². The number of terminal acetylenes is 1. The Hall–Kier alpha value is -3.54. The molecule has 3 aromatic rings. The largest absolute Gasteiger partial charge is 0.487 e. The molecule has 2 aromatic carbocycles. The van der Waals surface area contributed by atoms with Gasteiger partial charge in [-0.3, -0.25) is 10.9 Å². The quantitative estimate of drug-likeness (QED) is 0.284. The summed E-state index contributed by atoms with van der Waals surface area (Å²) in [6.07, 6.45) is 6.94. The minimum Gasteiger partial charge on any atom is -0.487 e. The van der Waals surface area contributed by atoms with Crippen LogP contribution in [0.1, 0.15) is 5.56 Å². The van der Waals surface area contributed by atoms with Crippen LogP contribution in [0, 0.1) is 12.3 Å². The number of fused-ring (bicyclic) bond motifs is 1. The van der Waals surface area contributed by atoms with E-state index in [1.54, 1.807) is 14.2 Å². The second kappa shape index (κ2) is 10.9. The number of aromatic nitrogens is 2. The van der Waals surface area contributed by atoms with Crippen LogP contribution < -0.4 is 20.3 Å². The van der Waals surface area contributed by atoms with E-state index in [9.17, 15) is 0 Å². The van der Waals surface area contributed by atoms with Crippen molar-refractivity contribution in [2.75, 3.05) is 51.5 Å². The van der Waals surface area contributed by atoms with Crippen LogP contribution in [-0.2, 0) is 9.47 Å². The monoisotopic (exact) mass is 408 g/mol. The van der Waals surface area contributed by atoms with Gasteiger partial charge in [0.1, 0.15) is 19.5 Å². The number of rotatable bonds is 11. The molecule has 0 aliphatic carbocycles. The van der Waals surface area contributed by atoms with Gasteiger partial charge < -0.3 is 18.9 Å². The lowest BCUT2D eigenvalue weighted by atomic mass is 10.2. The first-order valence-corrected chi connectivity index (χ1v) is 9.36. The Morgan fingerprint density at radius 2 is 1.63 bits per heavy atom. The molecule has 2 N–H and O–H groups in total. The maximum atomic E-state index is 5.85. The number of ether oxygens (including phenoxy) is 4. The number of nitrogens with zero attached hydrogens (tertiary/aromatic N) is 2. The summed E-state index contributed by atoms with van der Waals surface area (Å²) in [6.45, 7) is 1.70. The zero-order valence-electron chi connectivity index (χ0n) is 17.0.